The average Bonchev–Trinajstić information content (AvgIpc) is 2.80. The molecule has 7 nitrogen and oxygen atoms in total. The highest BCUT2D eigenvalue weighted by atomic mass is 127. The fraction of sp³-hybridized carbons (Fsp3) is 0.696. The predicted octanol–water partition coefficient (Wildman–Crippen LogP) is 2.84. The van der Waals surface area contributed by atoms with Gasteiger partial charge in [0.05, 0.1) is 13.2 Å². The summed E-state index contributed by atoms with van der Waals surface area (Å²) in [5.74, 6) is 2.63. The SMILES string of the molecule is CN=C(NCc1ccccc1OCCN1CCOCC1)N(C)CCC1CCOCC1.I. The Morgan fingerprint density at radius 1 is 1.16 bits per heavy atom. The second kappa shape index (κ2) is 14.9. The van der Waals surface area contributed by atoms with Crippen LogP contribution in [0, 0.1) is 5.92 Å². The van der Waals surface area contributed by atoms with E-state index >= 15 is 0 Å². The summed E-state index contributed by atoms with van der Waals surface area (Å²) in [5.41, 5.74) is 1.15. The molecule has 1 aromatic rings. The Hall–Kier alpha value is -1.10. The van der Waals surface area contributed by atoms with Crippen molar-refractivity contribution in [2.45, 2.75) is 25.8 Å². The van der Waals surface area contributed by atoms with Crippen molar-refractivity contribution in [3.63, 3.8) is 0 Å². The number of nitrogens with one attached hydrogen (secondary N) is 1. The standard InChI is InChI=1S/C23H38N4O3.HI/c1-24-23(26(2)10-7-20-8-14-28-15-9-20)25-19-21-5-3-4-6-22(21)30-18-13-27-11-16-29-17-12-27;/h3-6,20H,7-19H2,1-2H3,(H,24,25);1H. The molecule has 176 valence electrons. The smallest absolute Gasteiger partial charge is 0.193 e. The molecule has 0 atom stereocenters. The molecule has 0 aromatic heterocycles. The molecule has 0 spiro atoms. The number of hydrogen-bond acceptors (Lipinski definition) is 5. The summed E-state index contributed by atoms with van der Waals surface area (Å²) in [6, 6.07) is 8.26. The van der Waals surface area contributed by atoms with Crippen molar-refractivity contribution >= 4 is 29.9 Å². The number of para-hydroxylation sites is 1. The highest BCUT2D eigenvalue weighted by Crippen LogP contribution is 2.19. The molecule has 8 heteroatoms. The van der Waals surface area contributed by atoms with Crippen molar-refractivity contribution in [2.24, 2.45) is 10.9 Å². The van der Waals surface area contributed by atoms with Crippen LogP contribution in [0.4, 0.5) is 0 Å². The lowest BCUT2D eigenvalue weighted by molar-refractivity contribution is 0.0322. The Balaban J connectivity index is 0.00000341. The van der Waals surface area contributed by atoms with Gasteiger partial charge in [-0.3, -0.25) is 9.89 Å². The first-order valence-electron chi connectivity index (χ1n) is 11.3. The highest BCUT2D eigenvalue weighted by Gasteiger charge is 2.16. The average molecular weight is 546 g/mol. The third-order valence-corrected chi connectivity index (χ3v) is 5.97. The first-order valence-corrected chi connectivity index (χ1v) is 11.3. The summed E-state index contributed by atoms with van der Waals surface area (Å²) in [6.45, 7) is 8.76. The Bertz CT molecular complexity index is 649. The van der Waals surface area contributed by atoms with Crippen molar-refractivity contribution < 1.29 is 14.2 Å². The lowest BCUT2D eigenvalue weighted by atomic mass is 9.96. The van der Waals surface area contributed by atoms with E-state index in [1.165, 1.54) is 19.3 Å². The van der Waals surface area contributed by atoms with E-state index in [4.69, 9.17) is 14.2 Å². The van der Waals surface area contributed by atoms with E-state index in [2.05, 4.69) is 39.3 Å². The van der Waals surface area contributed by atoms with Gasteiger partial charge < -0.3 is 24.4 Å². The zero-order chi connectivity index (χ0) is 21.0. The second-order valence-electron chi connectivity index (χ2n) is 8.08. The fourth-order valence-electron chi connectivity index (χ4n) is 3.98. The molecule has 31 heavy (non-hydrogen) atoms. The van der Waals surface area contributed by atoms with Gasteiger partial charge in [-0.05, 0) is 31.2 Å². The number of halogens is 1. The third kappa shape index (κ3) is 9.11. The third-order valence-electron chi connectivity index (χ3n) is 5.97. The van der Waals surface area contributed by atoms with Gasteiger partial charge in [0.2, 0.25) is 0 Å². The van der Waals surface area contributed by atoms with Crippen molar-refractivity contribution in [2.75, 3.05) is 73.3 Å². The maximum atomic E-state index is 6.11. The number of nitrogens with zero attached hydrogens (tertiary/aromatic N) is 3. The largest absolute Gasteiger partial charge is 0.492 e. The zero-order valence-corrected chi connectivity index (χ0v) is 21.4. The topological polar surface area (TPSA) is 58.6 Å². The van der Waals surface area contributed by atoms with E-state index in [9.17, 15) is 0 Å². The number of ether oxygens (including phenoxy) is 3. The number of aliphatic imine (C=N–C) groups is 1. The van der Waals surface area contributed by atoms with Gasteiger partial charge in [0.25, 0.3) is 0 Å². The summed E-state index contributed by atoms with van der Waals surface area (Å²) >= 11 is 0. The summed E-state index contributed by atoms with van der Waals surface area (Å²) in [4.78, 5) is 9.08. The molecule has 2 aliphatic heterocycles. The first kappa shape index (κ1) is 26.2. The van der Waals surface area contributed by atoms with E-state index in [0.29, 0.717) is 13.2 Å². The molecule has 2 aliphatic rings. The van der Waals surface area contributed by atoms with Crippen LogP contribution in [0.15, 0.2) is 29.3 Å². The molecule has 0 saturated carbocycles. The van der Waals surface area contributed by atoms with Crippen molar-refractivity contribution in [1.29, 1.82) is 0 Å². The van der Waals surface area contributed by atoms with Crippen molar-refractivity contribution in [3.8, 4) is 5.75 Å². The maximum Gasteiger partial charge on any atom is 0.193 e. The van der Waals surface area contributed by atoms with Gasteiger partial charge in [0.15, 0.2) is 5.96 Å². The molecular weight excluding hydrogens is 507 g/mol. The number of morpholine rings is 1. The molecule has 0 amide bonds. The normalized spacial score (nSPS) is 18.3. The van der Waals surface area contributed by atoms with Crippen LogP contribution in [0.5, 0.6) is 5.75 Å². The molecule has 0 aliphatic carbocycles. The number of hydrogen-bond donors (Lipinski definition) is 1. The molecule has 1 N–H and O–H groups in total. The van der Waals surface area contributed by atoms with Crippen LogP contribution in [-0.4, -0.2) is 89.1 Å². The first-order chi connectivity index (χ1) is 14.8. The van der Waals surface area contributed by atoms with Gasteiger partial charge >= 0.3 is 0 Å². The number of benzene rings is 1. The summed E-state index contributed by atoms with van der Waals surface area (Å²) < 4.78 is 17.0. The van der Waals surface area contributed by atoms with Crippen LogP contribution in [0.3, 0.4) is 0 Å². The molecule has 2 fully saturated rings. The Labute approximate surface area is 204 Å². The molecular formula is C23H39IN4O3. The minimum absolute atomic E-state index is 0. The van der Waals surface area contributed by atoms with Gasteiger partial charge in [-0.25, -0.2) is 0 Å². The number of rotatable bonds is 9. The monoisotopic (exact) mass is 546 g/mol. The van der Waals surface area contributed by atoms with Gasteiger partial charge in [-0.1, -0.05) is 18.2 Å². The van der Waals surface area contributed by atoms with Crippen LogP contribution < -0.4 is 10.1 Å². The van der Waals surface area contributed by atoms with Crippen LogP contribution in [0.25, 0.3) is 0 Å². The lowest BCUT2D eigenvalue weighted by Gasteiger charge is -2.27. The minimum atomic E-state index is 0. The van der Waals surface area contributed by atoms with Crippen molar-refractivity contribution in [3.05, 3.63) is 29.8 Å². The van der Waals surface area contributed by atoms with E-state index in [-0.39, 0.29) is 24.0 Å². The lowest BCUT2D eigenvalue weighted by Crippen LogP contribution is -2.40. The summed E-state index contributed by atoms with van der Waals surface area (Å²) in [6.07, 6.45) is 3.53. The second-order valence-corrected chi connectivity index (χ2v) is 8.08. The van der Waals surface area contributed by atoms with Gasteiger partial charge in [-0.2, -0.15) is 0 Å². The molecule has 3 rings (SSSR count). The minimum Gasteiger partial charge on any atom is -0.492 e. The van der Waals surface area contributed by atoms with Crippen LogP contribution >= 0.6 is 24.0 Å². The summed E-state index contributed by atoms with van der Waals surface area (Å²) in [5, 5.41) is 3.50. The van der Waals surface area contributed by atoms with Crippen LogP contribution in [-0.2, 0) is 16.0 Å². The van der Waals surface area contributed by atoms with Crippen LogP contribution in [0.2, 0.25) is 0 Å². The van der Waals surface area contributed by atoms with Gasteiger partial charge in [0, 0.05) is 65.6 Å². The predicted molar refractivity (Wildman–Crippen MR) is 136 cm³/mol. The Morgan fingerprint density at radius 2 is 1.87 bits per heavy atom. The van der Waals surface area contributed by atoms with Crippen molar-refractivity contribution in [1.82, 2.24) is 15.1 Å². The maximum absolute atomic E-state index is 6.11. The van der Waals surface area contributed by atoms with E-state index in [1.54, 1.807) is 0 Å². The Kier molecular flexibility index (Phi) is 12.5. The van der Waals surface area contributed by atoms with E-state index in [0.717, 1.165) is 75.8 Å². The highest BCUT2D eigenvalue weighted by molar-refractivity contribution is 14.0. The molecule has 0 bridgehead atoms. The number of guanidine groups is 1. The quantitative estimate of drug-likeness (QED) is 0.292. The van der Waals surface area contributed by atoms with E-state index < -0.39 is 0 Å². The summed E-state index contributed by atoms with van der Waals surface area (Å²) in [7, 11) is 3.96. The van der Waals surface area contributed by atoms with Gasteiger partial charge in [0.1, 0.15) is 12.4 Å². The molecule has 0 unspecified atom stereocenters. The molecule has 2 saturated heterocycles. The molecule has 1 aromatic carbocycles. The molecule has 0 radical (unpaired) electrons. The fourth-order valence-corrected chi connectivity index (χ4v) is 3.98. The van der Waals surface area contributed by atoms with E-state index in [1.807, 2.05) is 19.2 Å². The van der Waals surface area contributed by atoms with Gasteiger partial charge in [-0.15, -0.1) is 24.0 Å². The van der Waals surface area contributed by atoms with Crippen LogP contribution in [0.1, 0.15) is 24.8 Å². The Morgan fingerprint density at radius 3 is 2.61 bits per heavy atom. The zero-order valence-electron chi connectivity index (χ0n) is 19.1. The molecule has 2 heterocycles.